The minimum Gasteiger partial charge on any atom is -0.356 e. The average Bonchev–Trinajstić information content (AvgIpc) is 3.58. The fourth-order valence-electron chi connectivity index (χ4n) is 5.13. The number of pyridine rings is 3. The van der Waals surface area contributed by atoms with Gasteiger partial charge in [0, 0.05) is 47.4 Å². The monoisotopic (exact) mass is 535 g/mol. The summed E-state index contributed by atoms with van der Waals surface area (Å²) in [7, 11) is 0. The lowest BCUT2D eigenvalue weighted by molar-refractivity contribution is 0.102. The second-order valence-corrected chi connectivity index (χ2v) is 10.0. The average molecular weight is 536 g/mol. The Morgan fingerprint density at radius 2 is 1.76 bits per heavy atom. The van der Waals surface area contributed by atoms with E-state index in [1.54, 1.807) is 24.5 Å². The third-order valence-electron chi connectivity index (χ3n) is 7.16. The summed E-state index contributed by atoms with van der Waals surface area (Å²) in [6.07, 6.45) is 12.2. The van der Waals surface area contributed by atoms with Crippen LogP contribution in [0, 0.1) is 0 Å². The van der Waals surface area contributed by atoms with Crippen LogP contribution in [-0.2, 0) is 6.42 Å². The van der Waals surface area contributed by atoms with Crippen molar-refractivity contribution in [2.75, 3.05) is 5.32 Å². The SMILES string of the molecule is CC1=CC=C(c2ccncc2)c2cc(-c3n[nH]c4ccc(-c5cncc(NC(=O)c6ccccc6)c5)nc34)[nH]c2C1. The number of hydrogen-bond donors (Lipinski definition) is 3. The van der Waals surface area contributed by atoms with Crippen LogP contribution < -0.4 is 5.32 Å². The van der Waals surface area contributed by atoms with Gasteiger partial charge in [0.2, 0.25) is 0 Å². The van der Waals surface area contributed by atoms with Crippen LogP contribution in [-0.4, -0.2) is 36.0 Å². The normalized spacial score (nSPS) is 12.8. The maximum absolute atomic E-state index is 12.7. The standard InChI is InChI=1S/C33H25N7O/c1-20-7-8-25(21-11-13-34-14-12-21)26-17-30(37-29(26)15-20)32-31-28(39-40-32)10-9-27(38-31)23-16-24(19-35-18-23)36-33(41)22-5-3-2-4-6-22/h2-14,16-19,37H,15H2,1H3,(H,36,41)(H,39,40). The lowest BCUT2D eigenvalue weighted by Gasteiger charge is -2.07. The zero-order chi connectivity index (χ0) is 27.8. The lowest BCUT2D eigenvalue weighted by atomic mass is 9.98. The highest BCUT2D eigenvalue weighted by atomic mass is 16.1. The van der Waals surface area contributed by atoms with E-state index in [9.17, 15) is 4.79 Å². The molecule has 3 N–H and O–H groups in total. The Morgan fingerprint density at radius 3 is 2.61 bits per heavy atom. The van der Waals surface area contributed by atoms with Gasteiger partial charge >= 0.3 is 0 Å². The van der Waals surface area contributed by atoms with Crippen LogP contribution in [0.3, 0.4) is 0 Å². The Bertz CT molecular complexity index is 1970. The molecule has 0 saturated heterocycles. The number of carbonyl (C=O) groups is 1. The summed E-state index contributed by atoms with van der Waals surface area (Å²) in [6, 6.07) is 21.1. The fraction of sp³-hybridized carbons (Fsp3) is 0.0606. The number of benzene rings is 1. The molecule has 0 atom stereocenters. The highest BCUT2D eigenvalue weighted by Crippen LogP contribution is 2.35. The van der Waals surface area contributed by atoms with Crippen LogP contribution in [0.2, 0.25) is 0 Å². The van der Waals surface area contributed by atoms with Gasteiger partial charge in [-0.3, -0.25) is 19.9 Å². The minimum atomic E-state index is -0.193. The molecule has 8 heteroatoms. The molecule has 6 aromatic rings. The number of amides is 1. The minimum absolute atomic E-state index is 0.193. The van der Waals surface area contributed by atoms with Gasteiger partial charge in [0.1, 0.15) is 11.2 Å². The maximum Gasteiger partial charge on any atom is 0.255 e. The molecular weight excluding hydrogens is 510 g/mol. The summed E-state index contributed by atoms with van der Waals surface area (Å²) >= 11 is 0. The first-order valence-electron chi connectivity index (χ1n) is 13.3. The van der Waals surface area contributed by atoms with Crippen molar-refractivity contribution < 1.29 is 4.79 Å². The summed E-state index contributed by atoms with van der Waals surface area (Å²) in [6.45, 7) is 2.14. The molecule has 0 saturated carbocycles. The van der Waals surface area contributed by atoms with E-state index in [1.807, 2.05) is 60.9 Å². The van der Waals surface area contributed by atoms with Crippen molar-refractivity contribution in [3.8, 4) is 22.6 Å². The third kappa shape index (κ3) is 4.72. The van der Waals surface area contributed by atoms with Gasteiger partial charge in [0.05, 0.1) is 28.8 Å². The molecule has 1 aromatic carbocycles. The van der Waals surface area contributed by atoms with Gasteiger partial charge in [-0.2, -0.15) is 5.10 Å². The molecule has 0 aliphatic heterocycles. The van der Waals surface area contributed by atoms with Gasteiger partial charge in [0.15, 0.2) is 0 Å². The molecule has 41 heavy (non-hydrogen) atoms. The number of aromatic amines is 2. The van der Waals surface area contributed by atoms with Crippen LogP contribution in [0.1, 0.15) is 34.1 Å². The molecule has 0 spiro atoms. The van der Waals surface area contributed by atoms with Crippen LogP contribution in [0.15, 0.2) is 109 Å². The highest BCUT2D eigenvalue weighted by molar-refractivity contribution is 6.04. The number of aromatic nitrogens is 6. The first kappa shape index (κ1) is 24.4. The van der Waals surface area contributed by atoms with Crippen molar-refractivity contribution in [2.45, 2.75) is 13.3 Å². The van der Waals surface area contributed by atoms with Crippen LogP contribution in [0.5, 0.6) is 0 Å². The molecule has 198 valence electrons. The Hall–Kier alpha value is -5.63. The summed E-state index contributed by atoms with van der Waals surface area (Å²) < 4.78 is 0. The molecular formula is C33H25N7O. The first-order chi connectivity index (χ1) is 20.1. The Kier molecular flexibility index (Phi) is 6.05. The van der Waals surface area contributed by atoms with E-state index in [1.165, 1.54) is 5.57 Å². The number of nitrogens with one attached hydrogen (secondary N) is 3. The molecule has 8 nitrogen and oxygen atoms in total. The van der Waals surface area contributed by atoms with Gasteiger partial charge < -0.3 is 10.3 Å². The number of hydrogen-bond acceptors (Lipinski definition) is 5. The van der Waals surface area contributed by atoms with Gasteiger partial charge in [-0.25, -0.2) is 4.98 Å². The number of rotatable bonds is 5. The number of allylic oxidation sites excluding steroid dienone is 3. The predicted molar refractivity (Wildman–Crippen MR) is 160 cm³/mol. The summed E-state index contributed by atoms with van der Waals surface area (Å²) in [5, 5.41) is 10.7. The molecule has 7 rings (SSSR count). The van der Waals surface area contributed by atoms with Crippen LogP contribution in [0.25, 0.3) is 39.3 Å². The Balaban J connectivity index is 1.24. The van der Waals surface area contributed by atoms with Crippen LogP contribution in [0.4, 0.5) is 5.69 Å². The van der Waals surface area contributed by atoms with E-state index in [0.29, 0.717) is 11.3 Å². The van der Waals surface area contributed by atoms with Gasteiger partial charge in [0.25, 0.3) is 5.91 Å². The topological polar surface area (TPSA) is 112 Å². The van der Waals surface area contributed by atoms with E-state index >= 15 is 0 Å². The fourth-order valence-corrected chi connectivity index (χ4v) is 5.13. The Morgan fingerprint density at radius 1 is 0.902 bits per heavy atom. The van der Waals surface area contributed by atoms with E-state index < -0.39 is 0 Å². The summed E-state index contributed by atoms with van der Waals surface area (Å²) in [5.74, 6) is -0.193. The second-order valence-electron chi connectivity index (χ2n) is 10.0. The van der Waals surface area contributed by atoms with Crippen molar-refractivity contribution in [1.82, 2.24) is 30.1 Å². The molecule has 1 aliphatic carbocycles. The van der Waals surface area contributed by atoms with Gasteiger partial charge in [-0.1, -0.05) is 35.9 Å². The van der Waals surface area contributed by atoms with Crippen molar-refractivity contribution in [2.24, 2.45) is 0 Å². The van der Waals surface area contributed by atoms with E-state index in [0.717, 1.165) is 62.5 Å². The molecule has 0 radical (unpaired) electrons. The smallest absolute Gasteiger partial charge is 0.255 e. The molecule has 5 heterocycles. The molecule has 0 unspecified atom stereocenters. The van der Waals surface area contributed by atoms with E-state index in [2.05, 4.69) is 55.6 Å². The van der Waals surface area contributed by atoms with Crippen molar-refractivity contribution >= 4 is 28.2 Å². The molecule has 0 fully saturated rings. The summed E-state index contributed by atoms with van der Waals surface area (Å²) in [4.78, 5) is 29.8. The lowest BCUT2D eigenvalue weighted by Crippen LogP contribution is -2.11. The number of carbonyl (C=O) groups excluding carboxylic acids is 1. The van der Waals surface area contributed by atoms with E-state index in [-0.39, 0.29) is 5.91 Å². The zero-order valence-corrected chi connectivity index (χ0v) is 22.2. The van der Waals surface area contributed by atoms with Crippen molar-refractivity contribution in [3.63, 3.8) is 0 Å². The third-order valence-corrected chi connectivity index (χ3v) is 7.16. The van der Waals surface area contributed by atoms with Gasteiger partial charge in [-0.05, 0) is 66.6 Å². The number of anilines is 1. The van der Waals surface area contributed by atoms with Crippen molar-refractivity contribution in [1.29, 1.82) is 0 Å². The molecule has 5 aromatic heterocycles. The zero-order valence-electron chi connectivity index (χ0n) is 22.2. The molecule has 1 aliphatic rings. The largest absolute Gasteiger partial charge is 0.356 e. The second kappa shape index (κ2) is 10.2. The van der Waals surface area contributed by atoms with Crippen molar-refractivity contribution in [3.05, 3.63) is 132 Å². The van der Waals surface area contributed by atoms with Crippen LogP contribution >= 0.6 is 0 Å². The Labute approximate surface area is 235 Å². The molecule has 0 bridgehead atoms. The van der Waals surface area contributed by atoms with E-state index in [4.69, 9.17) is 4.98 Å². The predicted octanol–water partition coefficient (Wildman–Crippen LogP) is 6.60. The maximum atomic E-state index is 12.7. The number of fused-ring (bicyclic) bond motifs is 2. The first-order valence-corrected chi connectivity index (χ1v) is 13.3. The number of nitrogens with zero attached hydrogens (tertiary/aromatic N) is 4. The highest BCUT2D eigenvalue weighted by Gasteiger charge is 2.20. The molecule has 1 amide bonds. The van der Waals surface area contributed by atoms with Gasteiger partial charge in [-0.15, -0.1) is 0 Å². The number of H-pyrrole nitrogens is 2. The summed E-state index contributed by atoms with van der Waals surface area (Å²) in [5.41, 5.74) is 11.7. The quantitative estimate of drug-likeness (QED) is 0.230.